The molecular formula is C19H17F5N4O2. The minimum absolute atomic E-state index is 0.00722. The van der Waals surface area contributed by atoms with E-state index in [1.54, 1.807) is 6.92 Å². The molecule has 2 N–H and O–H groups in total. The van der Waals surface area contributed by atoms with Crippen LogP contribution in [0.4, 0.5) is 32.6 Å². The lowest BCUT2D eigenvalue weighted by Crippen LogP contribution is -2.30. The molecule has 0 saturated carbocycles. The molecule has 160 valence electrons. The molecule has 2 aromatic heterocycles. The van der Waals surface area contributed by atoms with Gasteiger partial charge in [-0.25, -0.2) is 18.6 Å². The Kier molecular flexibility index (Phi) is 4.88. The number of carbonyl (C=O) groups excluding carboxylic acids is 1. The first kappa shape index (κ1) is 20.5. The van der Waals surface area contributed by atoms with Gasteiger partial charge in [0.05, 0.1) is 16.8 Å². The van der Waals surface area contributed by atoms with Gasteiger partial charge >= 0.3 is 12.3 Å². The smallest absolute Gasteiger partial charge is 0.416 e. The number of cyclic esters (lactones) is 1. The van der Waals surface area contributed by atoms with Crippen LogP contribution in [0, 0.1) is 0 Å². The van der Waals surface area contributed by atoms with Crippen LogP contribution in [0.2, 0.25) is 0 Å². The molecule has 0 bridgehead atoms. The number of hydrogen-bond donors (Lipinski definition) is 2. The van der Waals surface area contributed by atoms with Crippen molar-refractivity contribution < 1.29 is 31.5 Å². The molecule has 0 aliphatic carbocycles. The number of pyridine rings is 2. The van der Waals surface area contributed by atoms with Crippen LogP contribution in [-0.4, -0.2) is 35.6 Å². The fourth-order valence-corrected chi connectivity index (χ4v) is 3.74. The number of carbonyl (C=O) groups is 1. The third-order valence-corrected chi connectivity index (χ3v) is 5.37. The first-order valence-electron chi connectivity index (χ1n) is 9.14. The van der Waals surface area contributed by atoms with Crippen LogP contribution >= 0.6 is 0 Å². The van der Waals surface area contributed by atoms with Crippen LogP contribution in [0.15, 0.2) is 24.4 Å². The zero-order chi connectivity index (χ0) is 21.7. The van der Waals surface area contributed by atoms with E-state index in [0.717, 1.165) is 12.1 Å². The van der Waals surface area contributed by atoms with E-state index in [0.29, 0.717) is 19.5 Å². The number of anilines is 1. The molecule has 11 heteroatoms. The Morgan fingerprint density at radius 2 is 2.07 bits per heavy atom. The van der Waals surface area contributed by atoms with Gasteiger partial charge in [0.2, 0.25) is 0 Å². The van der Waals surface area contributed by atoms with Crippen molar-refractivity contribution in [3.8, 4) is 11.3 Å². The summed E-state index contributed by atoms with van der Waals surface area (Å²) in [6, 6.07) is 3.09. The molecule has 1 unspecified atom stereocenters. The van der Waals surface area contributed by atoms with Crippen molar-refractivity contribution >= 4 is 11.9 Å². The number of alkyl halides is 5. The highest BCUT2D eigenvalue weighted by molar-refractivity contribution is 5.89. The van der Waals surface area contributed by atoms with Crippen molar-refractivity contribution in [2.75, 3.05) is 18.4 Å². The second-order valence-corrected chi connectivity index (χ2v) is 7.52. The fraction of sp³-hybridized carbons (Fsp3) is 0.421. The zero-order valence-corrected chi connectivity index (χ0v) is 15.7. The summed E-state index contributed by atoms with van der Waals surface area (Å²) in [4.78, 5) is 19.8. The Balaban J connectivity index is 1.93. The fourth-order valence-electron chi connectivity index (χ4n) is 3.74. The van der Waals surface area contributed by atoms with Crippen LogP contribution in [0.25, 0.3) is 11.3 Å². The Labute approximate surface area is 167 Å². The number of nitrogens with one attached hydrogen (secondary N) is 2. The van der Waals surface area contributed by atoms with Crippen LogP contribution in [0.1, 0.15) is 36.3 Å². The number of ether oxygens (including phenoxy) is 1. The lowest BCUT2D eigenvalue weighted by atomic mass is 9.84. The Morgan fingerprint density at radius 3 is 2.70 bits per heavy atom. The maximum Gasteiger partial charge on any atom is 0.416 e. The van der Waals surface area contributed by atoms with Crippen molar-refractivity contribution in [1.82, 2.24) is 15.3 Å². The van der Waals surface area contributed by atoms with E-state index in [1.807, 2.05) is 0 Å². The lowest BCUT2D eigenvalue weighted by molar-refractivity contribution is -0.137. The van der Waals surface area contributed by atoms with Crippen molar-refractivity contribution in [2.24, 2.45) is 0 Å². The van der Waals surface area contributed by atoms with Gasteiger partial charge in [-0.05, 0) is 31.2 Å². The third-order valence-electron chi connectivity index (χ3n) is 5.37. The van der Waals surface area contributed by atoms with Gasteiger partial charge in [-0.2, -0.15) is 13.2 Å². The molecule has 2 aromatic rings. The molecule has 1 saturated heterocycles. The molecule has 0 spiro atoms. The Morgan fingerprint density at radius 1 is 1.30 bits per heavy atom. The Bertz CT molecular complexity index is 989. The summed E-state index contributed by atoms with van der Waals surface area (Å²) in [5.41, 5.74) is -1.73. The summed E-state index contributed by atoms with van der Waals surface area (Å²) in [6.45, 7) is 2.86. The molecule has 1 fully saturated rings. The van der Waals surface area contributed by atoms with Crippen LogP contribution in [0.3, 0.4) is 0 Å². The molecule has 0 aromatic carbocycles. The number of amides is 1. The van der Waals surface area contributed by atoms with E-state index in [4.69, 9.17) is 0 Å². The third kappa shape index (κ3) is 3.57. The number of hydrogen-bond acceptors (Lipinski definition) is 5. The van der Waals surface area contributed by atoms with E-state index >= 15 is 0 Å². The molecule has 2 aliphatic heterocycles. The minimum Gasteiger partial charge on any atom is -0.435 e. The van der Waals surface area contributed by atoms with Crippen molar-refractivity contribution in [2.45, 2.75) is 37.5 Å². The zero-order valence-electron chi connectivity index (χ0n) is 15.7. The van der Waals surface area contributed by atoms with Gasteiger partial charge in [-0.3, -0.25) is 10.3 Å². The summed E-state index contributed by atoms with van der Waals surface area (Å²) >= 11 is 0. The largest absolute Gasteiger partial charge is 0.435 e. The summed E-state index contributed by atoms with van der Waals surface area (Å²) in [6.07, 6.45) is -9.05. The molecule has 6 nitrogen and oxygen atoms in total. The van der Waals surface area contributed by atoms with E-state index in [1.165, 1.54) is 12.3 Å². The molecule has 1 amide bonds. The predicted octanol–water partition coefficient (Wildman–Crippen LogP) is 4.28. The van der Waals surface area contributed by atoms with Crippen molar-refractivity contribution in [3.05, 3.63) is 41.2 Å². The van der Waals surface area contributed by atoms with Gasteiger partial charge in [0, 0.05) is 29.4 Å². The molecule has 2 aliphatic rings. The summed E-state index contributed by atoms with van der Waals surface area (Å²) in [5, 5.41) is 5.32. The van der Waals surface area contributed by atoms with Crippen LogP contribution in [-0.2, 0) is 16.3 Å². The van der Waals surface area contributed by atoms with Crippen LogP contribution in [0.5, 0.6) is 0 Å². The van der Waals surface area contributed by atoms with E-state index in [2.05, 4.69) is 25.3 Å². The highest BCUT2D eigenvalue weighted by Gasteiger charge is 2.40. The first-order valence-corrected chi connectivity index (χ1v) is 9.14. The average Bonchev–Trinajstić information content (AvgIpc) is 3.13. The van der Waals surface area contributed by atoms with Gasteiger partial charge in [0.15, 0.2) is 6.10 Å². The molecule has 0 radical (unpaired) electrons. The summed E-state index contributed by atoms with van der Waals surface area (Å²) in [7, 11) is 0. The van der Waals surface area contributed by atoms with Crippen molar-refractivity contribution in [3.63, 3.8) is 0 Å². The number of rotatable bonds is 3. The topological polar surface area (TPSA) is 76.1 Å². The van der Waals surface area contributed by atoms with Gasteiger partial charge in [0.1, 0.15) is 5.82 Å². The predicted molar refractivity (Wildman–Crippen MR) is 96.2 cm³/mol. The van der Waals surface area contributed by atoms with Gasteiger partial charge < -0.3 is 10.1 Å². The molecular weight excluding hydrogens is 411 g/mol. The Hall–Kier alpha value is -2.82. The lowest BCUT2D eigenvalue weighted by Gasteiger charge is -2.28. The standard InChI is InChI=1S/C19H17F5N4O2/c1-18(3-5-25-8-18)12-7-9(19(22,23)24)6-11(27-12)10-2-4-26-16-13(10)14(15(20)21)30-17(29)28-16/h2,4,6-7,14-15,25H,3,5,8H2,1H3,(H,26,28,29)/t14-,18?/m1/s1. The van der Waals surface area contributed by atoms with Crippen molar-refractivity contribution in [1.29, 1.82) is 0 Å². The number of fused-ring (bicyclic) bond motifs is 1. The van der Waals surface area contributed by atoms with Gasteiger partial charge in [-0.15, -0.1) is 0 Å². The van der Waals surface area contributed by atoms with E-state index in [-0.39, 0.29) is 28.3 Å². The van der Waals surface area contributed by atoms with Gasteiger partial charge in [-0.1, -0.05) is 6.92 Å². The number of halogens is 5. The summed E-state index contributed by atoms with van der Waals surface area (Å²) < 4.78 is 72.7. The molecule has 4 rings (SSSR count). The molecule has 30 heavy (non-hydrogen) atoms. The van der Waals surface area contributed by atoms with Crippen LogP contribution < -0.4 is 10.6 Å². The maximum atomic E-state index is 13.6. The second kappa shape index (κ2) is 7.15. The van der Waals surface area contributed by atoms with E-state index < -0.39 is 35.8 Å². The highest BCUT2D eigenvalue weighted by Crippen LogP contribution is 2.42. The SMILES string of the molecule is CC1(c2cc(C(F)(F)F)cc(-c3ccnc4c3[C@H](C(F)F)OC(=O)N4)n2)CCNC1. The molecule has 4 heterocycles. The van der Waals surface area contributed by atoms with E-state index in [9.17, 15) is 26.7 Å². The minimum atomic E-state index is -4.66. The monoisotopic (exact) mass is 428 g/mol. The quantitative estimate of drug-likeness (QED) is 0.714. The first-order chi connectivity index (χ1) is 14.1. The number of aromatic nitrogens is 2. The number of nitrogens with zero attached hydrogens (tertiary/aromatic N) is 2. The normalized spacial score (nSPS) is 23.8. The van der Waals surface area contributed by atoms with Gasteiger partial charge in [0.25, 0.3) is 6.43 Å². The average molecular weight is 428 g/mol. The maximum absolute atomic E-state index is 13.6. The summed E-state index contributed by atoms with van der Waals surface area (Å²) in [5.74, 6) is -0.191. The second-order valence-electron chi connectivity index (χ2n) is 7.52. The highest BCUT2D eigenvalue weighted by atomic mass is 19.4. The molecule has 2 atom stereocenters.